The molecular formula is C12H17BrFN3. The first-order valence-electron chi connectivity index (χ1n) is 5.88. The van der Waals surface area contributed by atoms with Crippen molar-refractivity contribution in [1.29, 1.82) is 0 Å². The van der Waals surface area contributed by atoms with Crippen molar-refractivity contribution in [3.8, 4) is 0 Å². The second-order valence-corrected chi connectivity index (χ2v) is 5.55. The number of hydrogen-bond acceptors (Lipinski definition) is 3. The first-order valence-corrected chi connectivity index (χ1v) is 6.68. The van der Waals surface area contributed by atoms with Crippen LogP contribution in [0.25, 0.3) is 0 Å². The van der Waals surface area contributed by atoms with Gasteiger partial charge in [-0.05, 0) is 54.3 Å². The fraction of sp³-hybridized carbons (Fsp3) is 0.583. The highest BCUT2D eigenvalue weighted by atomic mass is 79.9. The van der Waals surface area contributed by atoms with Gasteiger partial charge in [0, 0.05) is 23.8 Å². The van der Waals surface area contributed by atoms with E-state index in [4.69, 9.17) is 0 Å². The lowest BCUT2D eigenvalue weighted by Crippen LogP contribution is -2.35. The van der Waals surface area contributed by atoms with E-state index in [-0.39, 0.29) is 5.82 Å². The summed E-state index contributed by atoms with van der Waals surface area (Å²) in [6.07, 6.45) is 4.03. The van der Waals surface area contributed by atoms with Crippen molar-refractivity contribution in [2.45, 2.75) is 12.8 Å². The van der Waals surface area contributed by atoms with E-state index in [1.54, 1.807) is 6.20 Å². The van der Waals surface area contributed by atoms with Crippen molar-refractivity contribution >= 4 is 21.7 Å². The van der Waals surface area contributed by atoms with E-state index < -0.39 is 0 Å². The van der Waals surface area contributed by atoms with Crippen molar-refractivity contribution in [3.05, 3.63) is 22.6 Å². The van der Waals surface area contributed by atoms with Crippen LogP contribution in [0.4, 0.5) is 10.2 Å². The molecule has 17 heavy (non-hydrogen) atoms. The number of nitrogens with zero attached hydrogens (tertiary/aromatic N) is 2. The van der Waals surface area contributed by atoms with E-state index in [0.29, 0.717) is 16.2 Å². The van der Waals surface area contributed by atoms with Crippen LogP contribution in [0.15, 0.2) is 16.7 Å². The summed E-state index contributed by atoms with van der Waals surface area (Å²) in [5.41, 5.74) is 0. The summed E-state index contributed by atoms with van der Waals surface area (Å²) in [7, 11) is 2.13. The topological polar surface area (TPSA) is 28.2 Å². The molecule has 0 spiro atoms. The van der Waals surface area contributed by atoms with Gasteiger partial charge < -0.3 is 10.2 Å². The smallest absolute Gasteiger partial charge is 0.166 e. The maximum atomic E-state index is 13.5. The first kappa shape index (κ1) is 12.8. The molecule has 1 N–H and O–H groups in total. The number of likely N-dealkylation sites (tertiary alicyclic amines) is 1. The van der Waals surface area contributed by atoms with Gasteiger partial charge >= 0.3 is 0 Å². The lowest BCUT2D eigenvalue weighted by Gasteiger charge is -2.29. The lowest BCUT2D eigenvalue weighted by atomic mass is 9.98. The summed E-state index contributed by atoms with van der Waals surface area (Å²) in [5.74, 6) is 0.628. The molecule has 1 aromatic rings. The molecule has 0 bridgehead atoms. The highest BCUT2D eigenvalue weighted by Gasteiger charge is 2.17. The first-order chi connectivity index (χ1) is 8.15. The van der Waals surface area contributed by atoms with Crippen LogP contribution in [0.2, 0.25) is 0 Å². The minimum atomic E-state index is -0.302. The molecule has 2 heterocycles. The molecule has 5 heteroatoms. The van der Waals surface area contributed by atoms with E-state index in [0.717, 1.165) is 13.1 Å². The molecule has 1 saturated heterocycles. The Morgan fingerprint density at radius 1 is 1.65 bits per heavy atom. The van der Waals surface area contributed by atoms with E-state index in [2.05, 4.69) is 38.2 Å². The zero-order valence-electron chi connectivity index (χ0n) is 9.92. The molecule has 3 nitrogen and oxygen atoms in total. The molecule has 1 unspecified atom stereocenters. The Kier molecular flexibility index (Phi) is 4.34. The summed E-state index contributed by atoms with van der Waals surface area (Å²) in [4.78, 5) is 6.36. The van der Waals surface area contributed by atoms with E-state index in [1.165, 1.54) is 25.5 Å². The predicted molar refractivity (Wildman–Crippen MR) is 70.6 cm³/mol. The number of pyridine rings is 1. The third-order valence-electron chi connectivity index (χ3n) is 3.09. The van der Waals surface area contributed by atoms with Gasteiger partial charge in [0.1, 0.15) is 0 Å². The van der Waals surface area contributed by atoms with Gasteiger partial charge in [-0.1, -0.05) is 0 Å². The van der Waals surface area contributed by atoms with Gasteiger partial charge in [0.25, 0.3) is 0 Å². The van der Waals surface area contributed by atoms with Crippen molar-refractivity contribution in [2.24, 2.45) is 5.92 Å². The maximum absolute atomic E-state index is 13.5. The SMILES string of the molecule is CN1CCCC(CNc2ncc(Br)cc2F)C1. The van der Waals surface area contributed by atoms with Gasteiger partial charge in [0.15, 0.2) is 11.6 Å². The minimum Gasteiger partial charge on any atom is -0.367 e. The van der Waals surface area contributed by atoms with Gasteiger partial charge in [0.05, 0.1) is 0 Å². The minimum absolute atomic E-state index is 0.302. The summed E-state index contributed by atoms with van der Waals surface area (Å²) in [5, 5.41) is 3.10. The Morgan fingerprint density at radius 3 is 3.18 bits per heavy atom. The molecule has 1 aliphatic rings. The molecule has 94 valence electrons. The Morgan fingerprint density at radius 2 is 2.47 bits per heavy atom. The molecule has 0 aliphatic carbocycles. The number of piperidine rings is 1. The molecule has 1 aliphatic heterocycles. The lowest BCUT2D eigenvalue weighted by molar-refractivity contribution is 0.217. The van der Waals surface area contributed by atoms with Crippen LogP contribution < -0.4 is 5.32 Å². The van der Waals surface area contributed by atoms with Crippen LogP contribution >= 0.6 is 15.9 Å². The van der Waals surface area contributed by atoms with Gasteiger partial charge in [-0.15, -0.1) is 0 Å². The predicted octanol–water partition coefficient (Wildman–Crippen LogP) is 2.74. The van der Waals surface area contributed by atoms with Crippen LogP contribution in [-0.4, -0.2) is 36.6 Å². The number of hydrogen-bond donors (Lipinski definition) is 1. The molecule has 1 atom stereocenters. The molecule has 0 amide bonds. The summed E-state index contributed by atoms with van der Waals surface area (Å²) in [6.45, 7) is 3.03. The van der Waals surface area contributed by atoms with Crippen LogP contribution in [0.5, 0.6) is 0 Å². The van der Waals surface area contributed by atoms with Gasteiger partial charge in [0.2, 0.25) is 0 Å². The van der Waals surface area contributed by atoms with Gasteiger partial charge in [-0.25, -0.2) is 9.37 Å². The van der Waals surface area contributed by atoms with Crippen LogP contribution in [0, 0.1) is 11.7 Å². The fourth-order valence-corrected chi connectivity index (χ4v) is 2.53. The average Bonchev–Trinajstić information content (AvgIpc) is 2.28. The average molecular weight is 302 g/mol. The normalized spacial score (nSPS) is 21.5. The molecule has 0 radical (unpaired) electrons. The molecule has 1 aromatic heterocycles. The van der Waals surface area contributed by atoms with Crippen LogP contribution in [0.3, 0.4) is 0 Å². The zero-order chi connectivity index (χ0) is 12.3. The second kappa shape index (κ2) is 5.78. The molecule has 0 saturated carbocycles. The van der Waals surface area contributed by atoms with Crippen molar-refractivity contribution in [1.82, 2.24) is 9.88 Å². The Labute approximate surface area is 110 Å². The Balaban J connectivity index is 1.88. The maximum Gasteiger partial charge on any atom is 0.166 e. The standard InChI is InChI=1S/C12H17BrFN3/c1-17-4-2-3-9(8-17)6-15-12-11(14)5-10(13)7-16-12/h5,7,9H,2-4,6,8H2,1H3,(H,15,16). The van der Waals surface area contributed by atoms with E-state index in [1.807, 2.05) is 0 Å². The monoisotopic (exact) mass is 301 g/mol. The summed E-state index contributed by atoms with van der Waals surface area (Å²) < 4.78 is 14.2. The highest BCUT2D eigenvalue weighted by Crippen LogP contribution is 2.19. The number of nitrogens with one attached hydrogen (secondary N) is 1. The van der Waals surface area contributed by atoms with Crippen LogP contribution in [0.1, 0.15) is 12.8 Å². The number of halogens is 2. The Bertz CT molecular complexity index is 386. The van der Waals surface area contributed by atoms with Gasteiger partial charge in [-0.3, -0.25) is 0 Å². The number of anilines is 1. The summed E-state index contributed by atoms with van der Waals surface area (Å²) >= 11 is 3.19. The number of rotatable bonds is 3. The second-order valence-electron chi connectivity index (χ2n) is 4.64. The molecule has 1 fully saturated rings. The van der Waals surface area contributed by atoms with Crippen molar-refractivity contribution in [2.75, 3.05) is 32.0 Å². The van der Waals surface area contributed by atoms with E-state index >= 15 is 0 Å². The third-order valence-corrected chi connectivity index (χ3v) is 3.52. The highest BCUT2D eigenvalue weighted by molar-refractivity contribution is 9.10. The van der Waals surface area contributed by atoms with Crippen molar-refractivity contribution < 1.29 is 4.39 Å². The molecule has 0 aromatic carbocycles. The zero-order valence-corrected chi connectivity index (χ0v) is 11.5. The number of aromatic nitrogens is 1. The van der Waals surface area contributed by atoms with Gasteiger partial charge in [-0.2, -0.15) is 0 Å². The largest absolute Gasteiger partial charge is 0.367 e. The van der Waals surface area contributed by atoms with Crippen molar-refractivity contribution in [3.63, 3.8) is 0 Å². The fourth-order valence-electron chi connectivity index (χ4n) is 2.23. The quantitative estimate of drug-likeness (QED) is 0.930. The Hall–Kier alpha value is -0.680. The summed E-state index contributed by atoms with van der Waals surface area (Å²) in [6, 6.07) is 1.43. The van der Waals surface area contributed by atoms with Crippen LogP contribution in [-0.2, 0) is 0 Å². The molecular weight excluding hydrogens is 285 g/mol. The van der Waals surface area contributed by atoms with E-state index in [9.17, 15) is 4.39 Å². The molecule has 2 rings (SSSR count). The third kappa shape index (κ3) is 3.64.